The number of anilines is 1. The van der Waals surface area contributed by atoms with Gasteiger partial charge in [-0.2, -0.15) is 0 Å². The first-order valence-electron chi connectivity index (χ1n) is 5.39. The molecule has 0 aliphatic heterocycles. The summed E-state index contributed by atoms with van der Waals surface area (Å²) in [6, 6.07) is 7.66. The molecule has 1 aromatic carbocycles. The molecule has 0 bridgehead atoms. The summed E-state index contributed by atoms with van der Waals surface area (Å²) in [4.78, 5) is 13.8. The van der Waals surface area contributed by atoms with E-state index in [0.29, 0.717) is 12.8 Å². The topological polar surface area (TPSA) is 20.3 Å². The molecule has 0 atom stereocenters. The monoisotopic (exact) mass is 215 g/mol. The number of benzene rings is 1. The Morgan fingerprint density at radius 3 is 2.81 bits per heavy atom. The minimum atomic E-state index is 0.166. The molecule has 0 aliphatic rings. The van der Waals surface area contributed by atoms with Crippen molar-refractivity contribution in [2.45, 2.75) is 19.3 Å². The van der Waals surface area contributed by atoms with E-state index in [1.807, 2.05) is 43.3 Å². The first-order valence-corrected chi connectivity index (χ1v) is 5.39. The maximum atomic E-state index is 11.8. The number of rotatable bonds is 5. The summed E-state index contributed by atoms with van der Waals surface area (Å²) in [6.45, 7) is 0. The molecule has 0 N–H and O–H groups in total. The van der Waals surface area contributed by atoms with Crippen LogP contribution >= 0.6 is 0 Å². The van der Waals surface area contributed by atoms with Gasteiger partial charge in [0.15, 0.2) is 5.78 Å². The molecule has 0 amide bonds. The summed E-state index contributed by atoms with van der Waals surface area (Å²) in [6.07, 6.45) is 7.11. The van der Waals surface area contributed by atoms with E-state index >= 15 is 0 Å². The largest absolute Gasteiger partial charge is 0.378 e. The Morgan fingerprint density at radius 2 is 2.19 bits per heavy atom. The second-order valence-electron chi connectivity index (χ2n) is 3.93. The fourth-order valence-electron chi connectivity index (χ4n) is 1.45. The molecule has 0 heterocycles. The molecule has 0 radical (unpaired) electrons. The number of unbranched alkanes of at least 4 members (excludes halogenated alkanes) is 1. The first kappa shape index (κ1) is 12.3. The van der Waals surface area contributed by atoms with E-state index in [0.717, 1.165) is 17.7 Å². The van der Waals surface area contributed by atoms with Crippen molar-refractivity contribution >= 4 is 11.5 Å². The molecule has 0 spiro atoms. The van der Waals surface area contributed by atoms with Gasteiger partial charge in [-0.05, 0) is 18.6 Å². The Morgan fingerprint density at radius 1 is 1.44 bits per heavy atom. The zero-order valence-electron chi connectivity index (χ0n) is 9.86. The van der Waals surface area contributed by atoms with Gasteiger partial charge in [0.1, 0.15) is 0 Å². The summed E-state index contributed by atoms with van der Waals surface area (Å²) in [7, 11) is 3.92. The van der Waals surface area contributed by atoms with Crippen molar-refractivity contribution in [1.82, 2.24) is 0 Å². The first-order chi connectivity index (χ1) is 7.65. The zero-order chi connectivity index (χ0) is 12.0. The Labute approximate surface area is 97.3 Å². The second-order valence-corrected chi connectivity index (χ2v) is 3.93. The van der Waals surface area contributed by atoms with E-state index in [1.54, 1.807) is 0 Å². The van der Waals surface area contributed by atoms with Crippen LogP contribution in [0.1, 0.15) is 29.6 Å². The lowest BCUT2D eigenvalue weighted by Gasteiger charge is -2.13. The van der Waals surface area contributed by atoms with Crippen LogP contribution in [-0.2, 0) is 0 Å². The Bertz CT molecular complexity index is 401. The molecule has 2 nitrogen and oxygen atoms in total. The molecule has 16 heavy (non-hydrogen) atoms. The van der Waals surface area contributed by atoms with Gasteiger partial charge >= 0.3 is 0 Å². The van der Waals surface area contributed by atoms with Crippen LogP contribution in [0.15, 0.2) is 24.3 Å². The van der Waals surface area contributed by atoms with Crippen molar-refractivity contribution in [3.8, 4) is 12.3 Å². The number of ketones is 1. The predicted octanol–water partition coefficient (Wildman–Crippen LogP) is 2.74. The minimum absolute atomic E-state index is 0.166. The molecule has 0 aliphatic carbocycles. The third-order valence-corrected chi connectivity index (χ3v) is 2.41. The lowest BCUT2D eigenvalue weighted by atomic mass is 10.0. The van der Waals surface area contributed by atoms with Crippen molar-refractivity contribution in [2.75, 3.05) is 19.0 Å². The number of terminal acetylenes is 1. The Hall–Kier alpha value is -1.75. The number of carbonyl (C=O) groups excluding carboxylic acids is 1. The quantitative estimate of drug-likeness (QED) is 0.427. The molecule has 1 rings (SSSR count). The van der Waals surface area contributed by atoms with Gasteiger partial charge in [-0.15, -0.1) is 12.3 Å². The summed E-state index contributed by atoms with van der Waals surface area (Å²) >= 11 is 0. The Kier molecular flexibility index (Phi) is 4.60. The lowest BCUT2D eigenvalue weighted by Crippen LogP contribution is -2.09. The van der Waals surface area contributed by atoms with Gasteiger partial charge in [0, 0.05) is 38.2 Å². The van der Waals surface area contributed by atoms with Crippen LogP contribution in [0.25, 0.3) is 0 Å². The van der Waals surface area contributed by atoms with E-state index < -0.39 is 0 Å². The zero-order valence-corrected chi connectivity index (χ0v) is 9.86. The predicted molar refractivity (Wildman–Crippen MR) is 67.8 cm³/mol. The maximum Gasteiger partial charge on any atom is 0.162 e. The number of hydrogen-bond acceptors (Lipinski definition) is 2. The average Bonchev–Trinajstić information content (AvgIpc) is 2.29. The van der Waals surface area contributed by atoms with Crippen LogP contribution in [0, 0.1) is 12.3 Å². The van der Waals surface area contributed by atoms with Crippen LogP contribution < -0.4 is 4.90 Å². The van der Waals surface area contributed by atoms with Gasteiger partial charge in [-0.1, -0.05) is 12.1 Å². The molecule has 0 saturated carbocycles. The molecule has 2 heteroatoms. The Balaban J connectivity index is 2.69. The third-order valence-electron chi connectivity index (χ3n) is 2.41. The SMILES string of the molecule is C#CCCCC(=O)c1cccc(N(C)C)c1. The van der Waals surface area contributed by atoms with E-state index in [1.165, 1.54) is 0 Å². The molecule has 84 valence electrons. The van der Waals surface area contributed by atoms with E-state index in [4.69, 9.17) is 6.42 Å². The standard InChI is InChI=1S/C14H17NO/c1-4-5-6-10-14(16)12-8-7-9-13(11-12)15(2)3/h1,7-9,11H,5-6,10H2,2-3H3. The lowest BCUT2D eigenvalue weighted by molar-refractivity contribution is 0.0980. The molecule has 1 aromatic rings. The van der Waals surface area contributed by atoms with E-state index in [-0.39, 0.29) is 5.78 Å². The minimum Gasteiger partial charge on any atom is -0.378 e. The highest BCUT2D eigenvalue weighted by atomic mass is 16.1. The molecular weight excluding hydrogens is 198 g/mol. The van der Waals surface area contributed by atoms with Crippen molar-refractivity contribution in [2.24, 2.45) is 0 Å². The third kappa shape index (κ3) is 3.43. The van der Waals surface area contributed by atoms with E-state index in [2.05, 4.69) is 5.92 Å². The number of carbonyl (C=O) groups is 1. The molecular formula is C14H17NO. The number of hydrogen-bond donors (Lipinski definition) is 0. The highest BCUT2D eigenvalue weighted by Gasteiger charge is 2.06. The van der Waals surface area contributed by atoms with Crippen molar-refractivity contribution in [1.29, 1.82) is 0 Å². The molecule has 0 fully saturated rings. The average molecular weight is 215 g/mol. The summed E-state index contributed by atoms with van der Waals surface area (Å²) in [5, 5.41) is 0. The van der Waals surface area contributed by atoms with Gasteiger partial charge in [0.2, 0.25) is 0 Å². The fraction of sp³-hybridized carbons (Fsp3) is 0.357. The summed E-state index contributed by atoms with van der Waals surface area (Å²) < 4.78 is 0. The van der Waals surface area contributed by atoms with Crippen LogP contribution in [-0.4, -0.2) is 19.9 Å². The van der Waals surface area contributed by atoms with Crippen LogP contribution in [0.5, 0.6) is 0 Å². The normalized spacial score (nSPS) is 9.56. The smallest absolute Gasteiger partial charge is 0.162 e. The summed E-state index contributed by atoms with van der Waals surface area (Å²) in [5.41, 5.74) is 1.81. The van der Waals surface area contributed by atoms with Gasteiger partial charge in [-0.25, -0.2) is 0 Å². The van der Waals surface area contributed by atoms with Crippen molar-refractivity contribution in [3.63, 3.8) is 0 Å². The van der Waals surface area contributed by atoms with Gasteiger partial charge < -0.3 is 4.90 Å². The van der Waals surface area contributed by atoms with E-state index in [9.17, 15) is 4.79 Å². The van der Waals surface area contributed by atoms with Crippen LogP contribution in [0.2, 0.25) is 0 Å². The molecule has 0 unspecified atom stereocenters. The second kappa shape index (κ2) is 5.97. The molecule has 0 saturated heterocycles. The highest BCUT2D eigenvalue weighted by molar-refractivity contribution is 5.96. The van der Waals surface area contributed by atoms with Crippen LogP contribution in [0.4, 0.5) is 5.69 Å². The summed E-state index contributed by atoms with van der Waals surface area (Å²) in [5.74, 6) is 2.71. The van der Waals surface area contributed by atoms with Crippen molar-refractivity contribution in [3.05, 3.63) is 29.8 Å². The van der Waals surface area contributed by atoms with Crippen LogP contribution in [0.3, 0.4) is 0 Å². The number of nitrogens with zero attached hydrogens (tertiary/aromatic N) is 1. The van der Waals surface area contributed by atoms with Gasteiger partial charge in [0.25, 0.3) is 0 Å². The highest BCUT2D eigenvalue weighted by Crippen LogP contribution is 2.15. The molecule has 0 aromatic heterocycles. The van der Waals surface area contributed by atoms with Crippen molar-refractivity contribution < 1.29 is 4.79 Å². The van der Waals surface area contributed by atoms with Gasteiger partial charge in [0.05, 0.1) is 0 Å². The fourth-order valence-corrected chi connectivity index (χ4v) is 1.45. The maximum absolute atomic E-state index is 11.8. The number of Topliss-reactive ketones (excluding diaryl/α,β-unsaturated/α-hetero) is 1. The van der Waals surface area contributed by atoms with Gasteiger partial charge in [-0.3, -0.25) is 4.79 Å².